The molecule has 1 aromatic rings. The fourth-order valence-corrected chi connectivity index (χ4v) is 3.09. The monoisotopic (exact) mass is 299 g/mol. The maximum absolute atomic E-state index is 12.9. The highest BCUT2D eigenvalue weighted by atomic mass is 19.4. The molecular formula is C14H16F3N3O. The summed E-state index contributed by atoms with van der Waals surface area (Å²) >= 11 is 0. The third kappa shape index (κ3) is 2.52. The van der Waals surface area contributed by atoms with Crippen LogP contribution < -0.4 is 10.6 Å². The number of carbonyl (C=O) groups is 1. The van der Waals surface area contributed by atoms with Gasteiger partial charge in [0.2, 0.25) is 5.91 Å². The van der Waals surface area contributed by atoms with Gasteiger partial charge in [-0.1, -0.05) is 0 Å². The highest BCUT2D eigenvalue weighted by molar-refractivity contribution is 5.79. The Morgan fingerprint density at radius 1 is 1.24 bits per heavy atom. The number of fused-ring (bicyclic) bond motifs is 1. The zero-order valence-corrected chi connectivity index (χ0v) is 11.4. The highest BCUT2D eigenvalue weighted by Crippen LogP contribution is 2.36. The predicted molar refractivity (Wildman–Crippen MR) is 72.8 cm³/mol. The van der Waals surface area contributed by atoms with Crippen LogP contribution in [0.3, 0.4) is 0 Å². The van der Waals surface area contributed by atoms with Crippen molar-refractivity contribution >= 4 is 17.3 Å². The van der Waals surface area contributed by atoms with Crippen molar-refractivity contribution in [2.45, 2.75) is 25.1 Å². The van der Waals surface area contributed by atoms with Gasteiger partial charge in [-0.15, -0.1) is 0 Å². The molecule has 2 aliphatic rings. The number of nitrogens with two attached hydrogens (primary N) is 1. The summed E-state index contributed by atoms with van der Waals surface area (Å²) in [6.07, 6.45) is -3.14. The van der Waals surface area contributed by atoms with E-state index in [0.717, 1.165) is 12.5 Å². The molecule has 4 nitrogen and oxygen atoms in total. The summed E-state index contributed by atoms with van der Waals surface area (Å²) in [5, 5.41) is 0. The van der Waals surface area contributed by atoms with E-state index >= 15 is 0 Å². The van der Waals surface area contributed by atoms with Crippen molar-refractivity contribution in [3.05, 3.63) is 23.8 Å². The number of hydrogen-bond acceptors (Lipinski definition) is 3. The number of nitrogen functional groups attached to an aromatic ring is 1. The van der Waals surface area contributed by atoms with Gasteiger partial charge in [-0.2, -0.15) is 13.2 Å². The van der Waals surface area contributed by atoms with Gasteiger partial charge in [-0.25, -0.2) is 0 Å². The second-order valence-corrected chi connectivity index (χ2v) is 5.49. The summed E-state index contributed by atoms with van der Waals surface area (Å²) < 4.78 is 38.7. The molecular weight excluding hydrogens is 283 g/mol. The Bertz CT molecular complexity index is 573. The van der Waals surface area contributed by atoms with E-state index in [9.17, 15) is 18.0 Å². The molecule has 2 aliphatic heterocycles. The largest absolute Gasteiger partial charge is 0.418 e. The smallest absolute Gasteiger partial charge is 0.398 e. The normalized spacial score (nSPS) is 22.6. The van der Waals surface area contributed by atoms with Crippen LogP contribution >= 0.6 is 0 Å². The SMILES string of the molecule is Nc1ccc(N2CCN3C(=O)CCC3C2)cc1C(F)(F)F. The molecule has 1 amide bonds. The van der Waals surface area contributed by atoms with Crippen molar-refractivity contribution in [1.29, 1.82) is 0 Å². The molecule has 0 aliphatic carbocycles. The van der Waals surface area contributed by atoms with Crippen LogP contribution in [0.1, 0.15) is 18.4 Å². The number of hydrogen-bond donors (Lipinski definition) is 1. The minimum atomic E-state index is -4.45. The number of carbonyl (C=O) groups excluding carboxylic acids is 1. The average Bonchev–Trinajstić information content (AvgIpc) is 2.79. The van der Waals surface area contributed by atoms with Gasteiger partial charge in [0.1, 0.15) is 0 Å². The average molecular weight is 299 g/mol. The second kappa shape index (κ2) is 4.82. The van der Waals surface area contributed by atoms with Crippen molar-refractivity contribution in [1.82, 2.24) is 4.90 Å². The van der Waals surface area contributed by atoms with Crippen LogP contribution in [0.15, 0.2) is 18.2 Å². The molecule has 2 fully saturated rings. The van der Waals surface area contributed by atoms with Gasteiger partial charge in [0.05, 0.1) is 5.56 Å². The molecule has 2 saturated heterocycles. The topological polar surface area (TPSA) is 49.6 Å². The summed E-state index contributed by atoms with van der Waals surface area (Å²) in [6, 6.07) is 4.11. The minimum Gasteiger partial charge on any atom is -0.398 e. The molecule has 0 spiro atoms. The van der Waals surface area contributed by atoms with E-state index in [2.05, 4.69) is 0 Å². The molecule has 2 heterocycles. The Kier molecular flexibility index (Phi) is 3.22. The molecule has 1 aromatic carbocycles. The Morgan fingerprint density at radius 3 is 2.71 bits per heavy atom. The summed E-state index contributed by atoms with van der Waals surface area (Å²) in [5.74, 6) is 0.146. The van der Waals surface area contributed by atoms with Gasteiger partial charge in [0.15, 0.2) is 0 Å². The van der Waals surface area contributed by atoms with Crippen LogP contribution in [0.25, 0.3) is 0 Å². The fraction of sp³-hybridized carbons (Fsp3) is 0.500. The van der Waals surface area contributed by atoms with Gasteiger partial charge in [-0.3, -0.25) is 4.79 Å². The van der Waals surface area contributed by atoms with Crippen molar-refractivity contribution in [2.24, 2.45) is 0 Å². The fourth-order valence-electron chi connectivity index (χ4n) is 3.09. The lowest BCUT2D eigenvalue weighted by Crippen LogP contribution is -2.51. The molecule has 0 aromatic heterocycles. The van der Waals surface area contributed by atoms with Gasteiger partial charge in [0.25, 0.3) is 0 Å². The van der Waals surface area contributed by atoms with Crippen molar-refractivity contribution in [3.63, 3.8) is 0 Å². The Balaban J connectivity index is 1.83. The number of nitrogens with zero attached hydrogens (tertiary/aromatic N) is 2. The number of piperazine rings is 1. The summed E-state index contributed by atoms with van der Waals surface area (Å²) in [4.78, 5) is 15.4. The lowest BCUT2D eigenvalue weighted by Gasteiger charge is -2.39. The van der Waals surface area contributed by atoms with Crippen molar-refractivity contribution in [3.8, 4) is 0 Å². The Morgan fingerprint density at radius 2 is 2.00 bits per heavy atom. The summed E-state index contributed by atoms with van der Waals surface area (Å²) in [7, 11) is 0. The second-order valence-electron chi connectivity index (χ2n) is 5.49. The van der Waals surface area contributed by atoms with Crippen molar-refractivity contribution < 1.29 is 18.0 Å². The number of benzene rings is 1. The van der Waals surface area contributed by atoms with Gasteiger partial charge < -0.3 is 15.5 Å². The van der Waals surface area contributed by atoms with Crippen LogP contribution in [0, 0.1) is 0 Å². The molecule has 0 bridgehead atoms. The third-order valence-electron chi connectivity index (χ3n) is 4.20. The third-order valence-corrected chi connectivity index (χ3v) is 4.20. The Labute approximate surface area is 120 Å². The lowest BCUT2D eigenvalue weighted by molar-refractivity contribution is -0.136. The van der Waals surface area contributed by atoms with Crippen LogP contribution in [-0.4, -0.2) is 36.5 Å². The molecule has 114 valence electrons. The molecule has 3 rings (SSSR count). The number of amides is 1. The Hall–Kier alpha value is -1.92. The number of alkyl halides is 3. The first-order valence-electron chi connectivity index (χ1n) is 6.87. The number of halogens is 3. The summed E-state index contributed by atoms with van der Waals surface area (Å²) in [5.41, 5.74) is 4.86. The van der Waals surface area contributed by atoms with E-state index in [-0.39, 0.29) is 17.6 Å². The van der Waals surface area contributed by atoms with E-state index in [1.54, 1.807) is 6.07 Å². The van der Waals surface area contributed by atoms with Crippen LogP contribution in [0.2, 0.25) is 0 Å². The first-order valence-corrected chi connectivity index (χ1v) is 6.87. The van der Waals surface area contributed by atoms with Crippen molar-refractivity contribution in [2.75, 3.05) is 30.3 Å². The molecule has 0 radical (unpaired) electrons. The predicted octanol–water partition coefficient (Wildman–Crippen LogP) is 2.10. The van der Waals surface area contributed by atoms with E-state index in [0.29, 0.717) is 31.7 Å². The maximum atomic E-state index is 12.9. The molecule has 1 unspecified atom stereocenters. The van der Waals surface area contributed by atoms with Gasteiger partial charge in [0, 0.05) is 43.5 Å². The quantitative estimate of drug-likeness (QED) is 0.808. The zero-order chi connectivity index (χ0) is 15.2. The minimum absolute atomic E-state index is 0.109. The van der Waals surface area contributed by atoms with E-state index in [1.807, 2.05) is 9.80 Å². The standard InChI is InChI=1S/C14H16F3N3O/c15-14(16,17)11-7-9(1-3-12(11)18)19-5-6-20-10(8-19)2-4-13(20)21/h1,3,7,10H,2,4-6,8,18H2. The number of rotatable bonds is 1. The summed E-state index contributed by atoms with van der Waals surface area (Å²) in [6.45, 7) is 1.69. The maximum Gasteiger partial charge on any atom is 0.418 e. The van der Waals surface area contributed by atoms with Crippen LogP contribution in [0.5, 0.6) is 0 Å². The van der Waals surface area contributed by atoms with Crippen LogP contribution in [-0.2, 0) is 11.0 Å². The molecule has 2 N–H and O–H groups in total. The molecule has 21 heavy (non-hydrogen) atoms. The van der Waals surface area contributed by atoms with Gasteiger partial charge in [-0.05, 0) is 24.6 Å². The zero-order valence-electron chi connectivity index (χ0n) is 11.4. The first-order chi connectivity index (χ1) is 9.86. The molecule has 7 heteroatoms. The van der Waals surface area contributed by atoms with E-state index in [4.69, 9.17) is 5.73 Å². The molecule has 0 saturated carbocycles. The number of anilines is 2. The van der Waals surface area contributed by atoms with E-state index < -0.39 is 11.7 Å². The van der Waals surface area contributed by atoms with Gasteiger partial charge >= 0.3 is 6.18 Å². The van der Waals surface area contributed by atoms with Crippen LogP contribution in [0.4, 0.5) is 24.5 Å². The highest BCUT2D eigenvalue weighted by Gasteiger charge is 2.37. The van der Waals surface area contributed by atoms with E-state index in [1.165, 1.54) is 6.07 Å². The molecule has 1 atom stereocenters. The lowest BCUT2D eigenvalue weighted by atomic mass is 10.1. The first kappa shape index (κ1) is 14.0.